The zero-order valence-corrected chi connectivity index (χ0v) is 16.9. The highest BCUT2D eigenvalue weighted by molar-refractivity contribution is 7.89. The van der Waals surface area contributed by atoms with Gasteiger partial charge in [-0.2, -0.15) is 4.31 Å². The first-order valence-electron chi connectivity index (χ1n) is 9.78. The molecule has 2 aliphatic rings. The number of rotatable bonds is 5. The van der Waals surface area contributed by atoms with Gasteiger partial charge in [0.2, 0.25) is 15.9 Å². The Morgan fingerprint density at radius 1 is 1.07 bits per heavy atom. The Bertz CT molecular complexity index is 805. The molecule has 9 heteroatoms. The van der Waals surface area contributed by atoms with E-state index in [0.717, 1.165) is 37.8 Å². The quantitative estimate of drug-likeness (QED) is 0.800. The summed E-state index contributed by atoms with van der Waals surface area (Å²) in [5.74, 6) is -2.29. The number of hydrogen-bond acceptors (Lipinski definition) is 4. The molecule has 3 rings (SSSR count). The van der Waals surface area contributed by atoms with E-state index in [1.54, 1.807) is 0 Å². The number of nitrogens with zero attached hydrogens (tertiary/aromatic N) is 2. The molecular formula is C19H27F2N3O3S. The zero-order chi connectivity index (χ0) is 20.3. The number of nitrogens with one attached hydrogen (secondary N) is 1. The standard InChI is InChI=1S/C19H27F2N3O3S/c1-14(19(25)22-15-5-3-2-4-6-15)23-9-11-24(12-10-23)28(26,27)16-7-8-17(20)18(21)13-16/h7-8,13-15H,2-6,9-12H2,1H3,(H,22,25)/t14-/m1/s1. The van der Waals surface area contributed by atoms with Crippen LogP contribution in [0.4, 0.5) is 8.78 Å². The number of carbonyl (C=O) groups is 1. The van der Waals surface area contributed by atoms with Crippen LogP contribution >= 0.6 is 0 Å². The summed E-state index contributed by atoms with van der Waals surface area (Å²) in [5.41, 5.74) is 0. The van der Waals surface area contributed by atoms with Gasteiger partial charge in [-0.3, -0.25) is 9.69 Å². The largest absolute Gasteiger partial charge is 0.352 e. The first-order chi connectivity index (χ1) is 13.3. The van der Waals surface area contributed by atoms with E-state index in [2.05, 4.69) is 5.32 Å². The second-order valence-electron chi connectivity index (χ2n) is 7.54. The second-order valence-corrected chi connectivity index (χ2v) is 9.47. The summed E-state index contributed by atoms with van der Waals surface area (Å²) in [7, 11) is -3.89. The molecule has 0 unspecified atom stereocenters. The van der Waals surface area contributed by atoms with Gasteiger partial charge in [-0.25, -0.2) is 17.2 Å². The summed E-state index contributed by atoms with van der Waals surface area (Å²) in [5, 5.41) is 3.11. The molecular weight excluding hydrogens is 388 g/mol. The SMILES string of the molecule is C[C@H](C(=O)NC1CCCCC1)N1CCN(S(=O)(=O)c2ccc(F)c(F)c2)CC1. The fourth-order valence-electron chi connectivity index (χ4n) is 3.85. The van der Waals surface area contributed by atoms with Crippen molar-refractivity contribution in [1.82, 2.24) is 14.5 Å². The number of benzene rings is 1. The van der Waals surface area contributed by atoms with Crippen molar-refractivity contribution in [2.24, 2.45) is 0 Å². The number of carbonyl (C=O) groups excluding carboxylic acids is 1. The van der Waals surface area contributed by atoms with Crippen LogP contribution in [0.1, 0.15) is 39.0 Å². The lowest BCUT2D eigenvalue weighted by Gasteiger charge is -2.37. The molecule has 1 atom stereocenters. The maximum Gasteiger partial charge on any atom is 0.243 e. The highest BCUT2D eigenvalue weighted by atomic mass is 32.2. The highest BCUT2D eigenvalue weighted by Crippen LogP contribution is 2.21. The molecule has 0 spiro atoms. The van der Waals surface area contributed by atoms with Gasteiger partial charge in [-0.1, -0.05) is 19.3 Å². The fraction of sp³-hybridized carbons (Fsp3) is 0.632. The number of sulfonamides is 1. The molecule has 1 aliphatic heterocycles. The smallest absolute Gasteiger partial charge is 0.243 e. The molecule has 0 aromatic heterocycles. The van der Waals surface area contributed by atoms with E-state index < -0.39 is 21.7 Å². The normalized spacial score (nSPS) is 21.4. The van der Waals surface area contributed by atoms with Crippen molar-refractivity contribution in [2.45, 2.75) is 56.0 Å². The van der Waals surface area contributed by atoms with E-state index in [0.29, 0.717) is 19.2 Å². The topological polar surface area (TPSA) is 69.7 Å². The molecule has 6 nitrogen and oxygen atoms in total. The molecule has 0 bridgehead atoms. The van der Waals surface area contributed by atoms with Crippen molar-refractivity contribution >= 4 is 15.9 Å². The Hall–Kier alpha value is -1.58. The first-order valence-corrected chi connectivity index (χ1v) is 11.2. The molecule has 1 N–H and O–H groups in total. The third-order valence-corrected chi connectivity index (χ3v) is 7.58. The lowest BCUT2D eigenvalue weighted by atomic mass is 9.95. The first kappa shape index (κ1) is 21.1. The minimum absolute atomic E-state index is 0.0242. The van der Waals surface area contributed by atoms with Crippen LogP contribution in [0, 0.1) is 11.6 Å². The number of hydrogen-bond donors (Lipinski definition) is 1. The monoisotopic (exact) mass is 415 g/mol. The van der Waals surface area contributed by atoms with Crippen LogP contribution in [-0.4, -0.2) is 61.8 Å². The van der Waals surface area contributed by atoms with Crippen LogP contribution in [0.2, 0.25) is 0 Å². The summed E-state index contributed by atoms with van der Waals surface area (Å²) in [6.45, 7) is 3.03. The van der Waals surface area contributed by atoms with Crippen molar-refractivity contribution in [3.05, 3.63) is 29.8 Å². The van der Waals surface area contributed by atoms with Gasteiger partial charge < -0.3 is 5.32 Å². The third-order valence-electron chi connectivity index (χ3n) is 5.68. The predicted molar refractivity (Wildman–Crippen MR) is 101 cm³/mol. The van der Waals surface area contributed by atoms with E-state index in [-0.39, 0.29) is 36.0 Å². The maximum absolute atomic E-state index is 13.4. The van der Waals surface area contributed by atoms with Gasteiger partial charge in [0.15, 0.2) is 11.6 Å². The Morgan fingerprint density at radius 2 is 1.71 bits per heavy atom. The third kappa shape index (κ3) is 4.69. The fourth-order valence-corrected chi connectivity index (χ4v) is 5.29. The van der Waals surface area contributed by atoms with Gasteiger partial charge in [0.1, 0.15) is 0 Å². The molecule has 1 saturated heterocycles. The molecule has 1 aliphatic carbocycles. The molecule has 0 radical (unpaired) electrons. The van der Waals surface area contributed by atoms with E-state index in [9.17, 15) is 22.0 Å². The van der Waals surface area contributed by atoms with Crippen LogP contribution in [0.15, 0.2) is 23.1 Å². The average molecular weight is 416 g/mol. The van der Waals surface area contributed by atoms with Crippen LogP contribution in [-0.2, 0) is 14.8 Å². The summed E-state index contributed by atoms with van der Waals surface area (Å²) >= 11 is 0. The van der Waals surface area contributed by atoms with Gasteiger partial charge in [-0.15, -0.1) is 0 Å². The molecule has 156 valence electrons. The van der Waals surface area contributed by atoms with Crippen molar-refractivity contribution in [2.75, 3.05) is 26.2 Å². The van der Waals surface area contributed by atoms with E-state index in [4.69, 9.17) is 0 Å². The molecule has 28 heavy (non-hydrogen) atoms. The summed E-state index contributed by atoms with van der Waals surface area (Å²) in [6.07, 6.45) is 5.52. The highest BCUT2D eigenvalue weighted by Gasteiger charge is 2.32. The van der Waals surface area contributed by atoms with Crippen molar-refractivity contribution in [3.8, 4) is 0 Å². The average Bonchev–Trinajstić information content (AvgIpc) is 2.70. The molecule has 1 heterocycles. The Balaban J connectivity index is 1.57. The van der Waals surface area contributed by atoms with Crippen molar-refractivity contribution in [1.29, 1.82) is 0 Å². The van der Waals surface area contributed by atoms with Crippen LogP contribution in [0.5, 0.6) is 0 Å². The van der Waals surface area contributed by atoms with E-state index in [1.807, 2.05) is 11.8 Å². The molecule has 1 aromatic carbocycles. The summed E-state index contributed by atoms with van der Waals surface area (Å²) < 4.78 is 53.1. The van der Waals surface area contributed by atoms with Gasteiger partial charge in [0.05, 0.1) is 10.9 Å². The second kappa shape index (κ2) is 8.84. The molecule has 2 fully saturated rings. The molecule has 1 aromatic rings. The Kier molecular flexibility index (Phi) is 6.67. The lowest BCUT2D eigenvalue weighted by Crippen LogP contribution is -2.55. The Labute approximate surface area is 164 Å². The van der Waals surface area contributed by atoms with Crippen LogP contribution in [0.25, 0.3) is 0 Å². The van der Waals surface area contributed by atoms with Gasteiger partial charge in [0, 0.05) is 32.2 Å². The van der Waals surface area contributed by atoms with Gasteiger partial charge in [-0.05, 0) is 38.0 Å². The molecule has 1 saturated carbocycles. The maximum atomic E-state index is 13.4. The predicted octanol–water partition coefficient (Wildman–Crippen LogP) is 2.11. The summed E-state index contributed by atoms with van der Waals surface area (Å²) in [6, 6.07) is 2.49. The van der Waals surface area contributed by atoms with Gasteiger partial charge in [0.25, 0.3) is 0 Å². The minimum atomic E-state index is -3.89. The van der Waals surface area contributed by atoms with Crippen molar-refractivity contribution < 1.29 is 22.0 Å². The van der Waals surface area contributed by atoms with E-state index in [1.165, 1.54) is 10.7 Å². The summed E-state index contributed by atoms with van der Waals surface area (Å²) in [4.78, 5) is 14.2. The van der Waals surface area contributed by atoms with Crippen LogP contribution < -0.4 is 5.32 Å². The Morgan fingerprint density at radius 3 is 2.32 bits per heavy atom. The van der Waals surface area contributed by atoms with Crippen molar-refractivity contribution in [3.63, 3.8) is 0 Å². The van der Waals surface area contributed by atoms with Gasteiger partial charge >= 0.3 is 0 Å². The zero-order valence-electron chi connectivity index (χ0n) is 16.0. The number of piperazine rings is 1. The number of halogens is 2. The van der Waals surface area contributed by atoms with E-state index >= 15 is 0 Å². The minimum Gasteiger partial charge on any atom is -0.352 e. The number of amides is 1. The van der Waals surface area contributed by atoms with Crippen LogP contribution in [0.3, 0.4) is 0 Å². The lowest BCUT2D eigenvalue weighted by molar-refractivity contribution is -0.127. The molecule has 1 amide bonds.